The number of methoxy groups -OCH3 is 1. The van der Waals surface area contributed by atoms with Crippen LogP contribution in [0.3, 0.4) is 0 Å². The molecule has 0 aromatic heterocycles. The van der Waals surface area contributed by atoms with E-state index in [1.54, 1.807) is 12.0 Å². The zero-order valence-corrected chi connectivity index (χ0v) is 9.57. The van der Waals surface area contributed by atoms with E-state index in [9.17, 15) is 9.59 Å². The highest BCUT2D eigenvalue weighted by Crippen LogP contribution is 2.08. The zero-order valence-electron chi connectivity index (χ0n) is 9.57. The van der Waals surface area contributed by atoms with Gasteiger partial charge in [0.25, 0.3) is 0 Å². The number of nitrogens with zero attached hydrogens (tertiary/aromatic N) is 1. The van der Waals surface area contributed by atoms with Crippen LogP contribution in [-0.2, 0) is 14.3 Å². The van der Waals surface area contributed by atoms with Crippen molar-refractivity contribution in [3.05, 3.63) is 0 Å². The minimum absolute atomic E-state index is 0.0512. The summed E-state index contributed by atoms with van der Waals surface area (Å²) in [6.45, 7) is 2.11. The van der Waals surface area contributed by atoms with Gasteiger partial charge in [-0.15, -0.1) is 0 Å². The van der Waals surface area contributed by atoms with E-state index in [1.807, 2.05) is 0 Å². The van der Waals surface area contributed by atoms with Crippen molar-refractivity contribution in [2.45, 2.75) is 18.9 Å². The summed E-state index contributed by atoms with van der Waals surface area (Å²) in [4.78, 5) is 24.4. The maximum absolute atomic E-state index is 11.4. The Bertz CT molecular complexity index is 258. The van der Waals surface area contributed by atoms with Gasteiger partial charge in [0.15, 0.2) is 0 Å². The second-order valence-electron chi connectivity index (χ2n) is 3.81. The lowest BCUT2D eigenvalue weighted by Crippen LogP contribution is -2.37. The summed E-state index contributed by atoms with van der Waals surface area (Å²) in [7, 11) is 1.58. The molecule has 1 fully saturated rings. The second kappa shape index (κ2) is 6.44. The normalized spacial score (nSPS) is 20.2. The van der Waals surface area contributed by atoms with E-state index in [0.29, 0.717) is 39.1 Å². The highest BCUT2D eigenvalue weighted by atomic mass is 16.5. The van der Waals surface area contributed by atoms with Crippen LogP contribution in [0.4, 0.5) is 0 Å². The first-order valence-electron chi connectivity index (χ1n) is 5.45. The van der Waals surface area contributed by atoms with Gasteiger partial charge in [0.1, 0.15) is 0 Å². The van der Waals surface area contributed by atoms with Gasteiger partial charge in [-0.25, -0.2) is 0 Å². The van der Waals surface area contributed by atoms with E-state index >= 15 is 0 Å². The Labute approximate surface area is 95.1 Å². The molecule has 0 aromatic rings. The van der Waals surface area contributed by atoms with Crippen LogP contribution in [0.25, 0.3) is 0 Å². The SMILES string of the molecule is COCCNC(=O)CCN1CCC(N)C1=O. The van der Waals surface area contributed by atoms with Gasteiger partial charge in [0.2, 0.25) is 11.8 Å². The fourth-order valence-corrected chi connectivity index (χ4v) is 1.60. The first kappa shape index (κ1) is 12.9. The van der Waals surface area contributed by atoms with Gasteiger partial charge in [-0.1, -0.05) is 0 Å². The monoisotopic (exact) mass is 229 g/mol. The van der Waals surface area contributed by atoms with Crippen molar-refractivity contribution in [3.63, 3.8) is 0 Å². The molecule has 1 atom stereocenters. The molecule has 0 saturated carbocycles. The lowest BCUT2D eigenvalue weighted by molar-refractivity contribution is -0.129. The molecular weight excluding hydrogens is 210 g/mol. The van der Waals surface area contributed by atoms with E-state index in [-0.39, 0.29) is 17.9 Å². The van der Waals surface area contributed by atoms with Crippen molar-refractivity contribution in [1.29, 1.82) is 0 Å². The molecule has 1 unspecified atom stereocenters. The number of ether oxygens (including phenoxy) is 1. The Balaban J connectivity index is 2.14. The standard InChI is InChI=1S/C10H19N3O3/c1-16-7-4-12-9(14)3-6-13-5-2-8(11)10(13)15/h8H,2-7,11H2,1H3,(H,12,14). The third-order valence-corrected chi connectivity index (χ3v) is 2.58. The number of likely N-dealkylation sites (tertiary alicyclic amines) is 1. The minimum atomic E-state index is -0.378. The molecule has 3 N–H and O–H groups in total. The molecule has 6 heteroatoms. The fraction of sp³-hybridized carbons (Fsp3) is 0.800. The summed E-state index contributed by atoms with van der Waals surface area (Å²) in [5, 5.41) is 2.70. The molecule has 0 aromatic carbocycles. The molecule has 1 saturated heterocycles. The van der Waals surface area contributed by atoms with Gasteiger partial charge < -0.3 is 20.7 Å². The van der Waals surface area contributed by atoms with E-state index in [2.05, 4.69) is 5.32 Å². The number of carbonyl (C=O) groups is 2. The smallest absolute Gasteiger partial charge is 0.239 e. The number of nitrogens with one attached hydrogen (secondary N) is 1. The van der Waals surface area contributed by atoms with Gasteiger partial charge in [0.05, 0.1) is 12.6 Å². The van der Waals surface area contributed by atoms with Crippen molar-refractivity contribution in [1.82, 2.24) is 10.2 Å². The number of amides is 2. The number of hydrogen-bond donors (Lipinski definition) is 2. The summed E-state index contributed by atoms with van der Waals surface area (Å²) >= 11 is 0. The molecule has 1 aliphatic rings. The van der Waals surface area contributed by atoms with E-state index in [1.165, 1.54) is 0 Å². The third-order valence-electron chi connectivity index (χ3n) is 2.58. The summed E-state index contributed by atoms with van der Waals surface area (Å²) < 4.78 is 4.81. The Morgan fingerprint density at radius 1 is 1.69 bits per heavy atom. The highest BCUT2D eigenvalue weighted by molar-refractivity contribution is 5.84. The van der Waals surface area contributed by atoms with Crippen LogP contribution in [-0.4, -0.2) is 56.1 Å². The average Bonchev–Trinajstić information content (AvgIpc) is 2.58. The first-order chi connectivity index (χ1) is 7.65. The van der Waals surface area contributed by atoms with Crippen molar-refractivity contribution in [2.24, 2.45) is 5.73 Å². The highest BCUT2D eigenvalue weighted by Gasteiger charge is 2.28. The molecule has 1 heterocycles. The zero-order chi connectivity index (χ0) is 12.0. The first-order valence-corrected chi connectivity index (χ1v) is 5.45. The molecule has 92 valence electrons. The summed E-state index contributed by atoms with van der Waals surface area (Å²) in [5.41, 5.74) is 5.56. The van der Waals surface area contributed by atoms with Gasteiger partial charge in [-0.05, 0) is 6.42 Å². The number of hydrogen-bond acceptors (Lipinski definition) is 4. The molecule has 0 radical (unpaired) electrons. The largest absolute Gasteiger partial charge is 0.383 e. The second-order valence-corrected chi connectivity index (χ2v) is 3.81. The quantitative estimate of drug-likeness (QED) is 0.554. The van der Waals surface area contributed by atoms with Crippen LogP contribution in [0.1, 0.15) is 12.8 Å². The maximum Gasteiger partial charge on any atom is 0.239 e. The van der Waals surface area contributed by atoms with Crippen molar-refractivity contribution in [3.8, 4) is 0 Å². The maximum atomic E-state index is 11.4. The van der Waals surface area contributed by atoms with Crippen molar-refractivity contribution >= 4 is 11.8 Å². The van der Waals surface area contributed by atoms with Gasteiger partial charge >= 0.3 is 0 Å². The topological polar surface area (TPSA) is 84.7 Å². The molecule has 1 rings (SSSR count). The van der Waals surface area contributed by atoms with Crippen LogP contribution < -0.4 is 11.1 Å². The molecule has 0 spiro atoms. The number of rotatable bonds is 6. The van der Waals surface area contributed by atoms with Crippen LogP contribution in [0.2, 0.25) is 0 Å². The van der Waals surface area contributed by atoms with Crippen LogP contribution in [0.15, 0.2) is 0 Å². The molecule has 16 heavy (non-hydrogen) atoms. The van der Waals surface area contributed by atoms with Gasteiger partial charge in [-0.3, -0.25) is 9.59 Å². The molecular formula is C10H19N3O3. The van der Waals surface area contributed by atoms with Crippen LogP contribution >= 0.6 is 0 Å². The summed E-state index contributed by atoms with van der Waals surface area (Å²) in [5.74, 6) is -0.116. The molecule has 6 nitrogen and oxygen atoms in total. The number of carbonyl (C=O) groups excluding carboxylic acids is 2. The summed E-state index contributed by atoms with van der Waals surface area (Å²) in [6.07, 6.45) is 1.01. The lowest BCUT2D eigenvalue weighted by Gasteiger charge is -2.15. The van der Waals surface area contributed by atoms with Crippen molar-refractivity contribution in [2.75, 3.05) is 33.4 Å². The van der Waals surface area contributed by atoms with Crippen LogP contribution in [0, 0.1) is 0 Å². The van der Waals surface area contributed by atoms with Gasteiger partial charge in [0, 0.05) is 33.2 Å². The van der Waals surface area contributed by atoms with E-state index in [4.69, 9.17) is 10.5 Å². The fourth-order valence-electron chi connectivity index (χ4n) is 1.60. The Morgan fingerprint density at radius 3 is 3.00 bits per heavy atom. The average molecular weight is 229 g/mol. The molecule has 1 aliphatic heterocycles. The Hall–Kier alpha value is -1.14. The minimum Gasteiger partial charge on any atom is -0.383 e. The summed E-state index contributed by atoms with van der Waals surface area (Å²) in [6, 6.07) is -0.378. The predicted octanol–water partition coefficient (Wildman–Crippen LogP) is -1.30. The van der Waals surface area contributed by atoms with Crippen molar-refractivity contribution < 1.29 is 14.3 Å². The Morgan fingerprint density at radius 2 is 2.44 bits per heavy atom. The lowest BCUT2D eigenvalue weighted by atomic mass is 10.3. The van der Waals surface area contributed by atoms with E-state index in [0.717, 1.165) is 0 Å². The molecule has 0 bridgehead atoms. The molecule has 2 amide bonds. The molecule has 0 aliphatic carbocycles. The predicted molar refractivity (Wildman–Crippen MR) is 58.7 cm³/mol. The third kappa shape index (κ3) is 3.79. The van der Waals surface area contributed by atoms with E-state index < -0.39 is 0 Å². The van der Waals surface area contributed by atoms with Crippen LogP contribution in [0.5, 0.6) is 0 Å². The number of nitrogens with two attached hydrogens (primary N) is 1. The Kier molecular flexibility index (Phi) is 5.21. The van der Waals surface area contributed by atoms with Gasteiger partial charge in [-0.2, -0.15) is 0 Å².